The van der Waals surface area contributed by atoms with Crippen molar-refractivity contribution in [2.24, 2.45) is 0 Å². The number of halogens is 1. The molecule has 0 saturated heterocycles. The van der Waals surface area contributed by atoms with E-state index in [4.69, 9.17) is 16.3 Å². The van der Waals surface area contributed by atoms with E-state index in [1.165, 1.54) is 24.4 Å². The molecular weight excluding hydrogens is 460 g/mol. The molecule has 0 aliphatic rings. The summed E-state index contributed by atoms with van der Waals surface area (Å²) in [6, 6.07) is 15.3. The van der Waals surface area contributed by atoms with Gasteiger partial charge >= 0.3 is 0 Å². The van der Waals surface area contributed by atoms with Crippen LogP contribution in [0.2, 0.25) is 5.02 Å². The molecule has 0 saturated carbocycles. The highest BCUT2D eigenvalue weighted by atomic mass is 35.5. The second-order valence-electron chi connectivity index (χ2n) is 7.38. The fourth-order valence-corrected chi connectivity index (χ4v) is 4.34. The number of nitrogens with one attached hydrogen (secondary N) is 1. The molecule has 1 N–H and O–H groups in total. The maximum absolute atomic E-state index is 12.5. The highest BCUT2D eigenvalue weighted by molar-refractivity contribution is 7.99. The van der Waals surface area contributed by atoms with Gasteiger partial charge in [-0.1, -0.05) is 53.2 Å². The molecule has 0 bridgehead atoms. The summed E-state index contributed by atoms with van der Waals surface area (Å²) in [5.74, 6) is 0.484. The lowest BCUT2D eigenvalue weighted by atomic mass is 10.1. The van der Waals surface area contributed by atoms with Gasteiger partial charge < -0.3 is 10.1 Å². The molecule has 166 valence electrons. The Bertz CT molecular complexity index is 1480. The van der Waals surface area contributed by atoms with Gasteiger partial charge in [0, 0.05) is 23.0 Å². The van der Waals surface area contributed by atoms with Crippen LogP contribution >= 0.6 is 23.4 Å². The number of hydrogen-bond donors (Lipinski definition) is 1. The maximum Gasteiger partial charge on any atom is 0.234 e. The fraction of sp³-hybridized carbons (Fsp3) is 0.130. The molecule has 2 aromatic carbocycles. The second kappa shape index (κ2) is 8.76. The van der Waals surface area contributed by atoms with Crippen LogP contribution < -0.4 is 10.1 Å². The first kappa shape index (κ1) is 21.3. The average molecular weight is 479 g/mol. The monoisotopic (exact) mass is 478 g/mol. The van der Waals surface area contributed by atoms with Crippen LogP contribution in [-0.2, 0) is 4.79 Å². The van der Waals surface area contributed by atoms with Crippen LogP contribution in [-0.4, -0.2) is 43.0 Å². The van der Waals surface area contributed by atoms with E-state index in [1.807, 2.05) is 35.0 Å². The lowest BCUT2D eigenvalue weighted by molar-refractivity contribution is -0.113. The normalized spacial score (nSPS) is 11.2. The minimum Gasteiger partial charge on any atom is -0.495 e. The van der Waals surface area contributed by atoms with Crippen molar-refractivity contribution < 1.29 is 9.53 Å². The number of rotatable bonds is 6. The summed E-state index contributed by atoms with van der Waals surface area (Å²) < 4.78 is 8.91. The quantitative estimate of drug-likeness (QED) is 0.354. The summed E-state index contributed by atoms with van der Waals surface area (Å²) in [6.45, 7) is 2.05. The molecule has 3 heterocycles. The van der Waals surface area contributed by atoms with Crippen molar-refractivity contribution in [3.63, 3.8) is 0 Å². The van der Waals surface area contributed by atoms with Crippen molar-refractivity contribution in [2.75, 3.05) is 18.2 Å². The summed E-state index contributed by atoms with van der Waals surface area (Å²) in [5, 5.41) is 17.2. The molecule has 0 radical (unpaired) electrons. The van der Waals surface area contributed by atoms with Crippen molar-refractivity contribution in [3.05, 3.63) is 71.5 Å². The average Bonchev–Trinajstić information content (AvgIpc) is 3.42. The van der Waals surface area contributed by atoms with E-state index in [0.717, 1.165) is 16.8 Å². The summed E-state index contributed by atoms with van der Waals surface area (Å²) in [4.78, 5) is 12.5. The summed E-state index contributed by atoms with van der Waals surface area (Å²) in [7, 11) is 1.54. The van der Waals surface area contributed by atoms with Gasteiger partial charge in [0.2, 0.25) is 5.91 Å². The van der Waals surface area contributed by atoms with Crippen molar-refractivity contribution in [3.8, 4) is 17.0 Å². The highest BCUT2D eigenvalue weighted by Gasteiger charge is 2.15. The van der Waals surface area contributed by atoms with Crippen LogP contribution in [0.4, 0.5) is 5.69 Å². The van der Waals surface area contributed by atoms with Crippen LogP contribution in [0, 0.1) is 6.92 Å². The van der Waals surface area contributed by atoms with Gasteiger partial charge in [-0.3, -0.25) is 9.20 Å². The van der Waals surface area contributed by atoms with Crippen LogP contribution in [0.15, 0.2) is 66.1 Å². The molecule has 0 unspecified atom stereocenters. The van der Waals surface area contributed by atoms with Gasteiger partial charge in [0.15, 0.2) is 10.8 Å². The van der Waals surface area contributed by atoms with Gasteiger partial charge in [-0.25, -0.2) is 4.52 Å². The first-order valence-corrected chi connectivity index (χ1v) is 11.4. The second-order valence-corrected chi connectivity index (χ2v) is 8.76. The molecule has 0 fully saturated rings. The Morgan fingerprint density at radius 1 is 1.12 bits per heavy atom. The van der Waals surface area contributed by atoms with Gasteiger partial charge in [-0.2, -0.15) is 5.10 Å². The minimum atomic E-state index is -0.204. The first-order valence-electron chi connectivity index (χ1n) is 10.1. The number of aromatic nitrogens is 5. The smallest absolute Gasteiger partial charge is 0.234 e. The Hall–Kier alpha value is -3.56. The highest BCUT2D eigenvalue weighted by Crippen LogP contribution is 2.28. The molecule has 33 heavy (non-hydrogen) atoms. The predicted octanol–water partition coefficient (Wildman–Crippen LogP) is 4.75. The Morgan fingerprint density at radius 2 is 1.94 bits per heavy atom. The number of amides is 1. The zero-order chi connectivity index (χ0) is 22.9. The molecule has 0 aliphatic heterocycles. The zero-order valence-electron chi connectivity index (χ0n) is 17.8. The largest absolute Gasteiger partial charge is 0.495 e. The third-order valence-corrected chi connectivity index (χ3v) is 6.28. The van der Waals surface area contributed by atoms with E-state index in [2.05, 4.69) is 39.7 Å². The predicted molar refractivity (Wildman–Crippen MR) is 129 cm³/mol. The Morgan fingerprint density at radius 3 is 2.73 bits per heavy atom. The number of methoxy groups -OCH3 is 1. The number of aryl methyl sites for hydroxylation is 1. The molecule has 10 heteroatoms. The van der Waals surface area contributed by atoms with Crippen LogP contribution in [0.3, 0.4) is 0 Å². The molecular formula is C23H19ClN6O2S. The molecule has 0 spiro atoms. The number of carbonyl (C=O) groups excluding carboxylic acids is 1. The molecule has 0 aliphatic carbocycles. The number of hydrogen-bond acceptors (Lipinski definition) is 6. The van der Waals surface area contributed by atoms with Gasteiger partial charge in [0.1, 0.15) is 11.3 Å². The van der Waals surface area contributed by atoms with Gasteiger partial charge in [-0.05, 0) is 31.2 Å². The number of benzene rings is 2. The van der Waals surface area contributed by atoms with E-state index in [0.29, 0.717) is 27.3 Å². The number of nitrogens with zero attached hydrogens (tertiary/aromatic N) is 5. The summed E-state index contributed by atoms with van der Waals surface area (Å²) >= 11 is 7.32. The minimum absolute atomic E-state index is 0.148. The number of fused-ring (bicyclic) bond motifs is 3. The van der Waals surface area contributed by atoms with Crippen molar-refractivity contribution in [1.82, 2.24) is 24.2 Å². The van der Waals surface area contributed by atoms with E-state index >= 15 is 0 Å². The Labute approximate surface area is 198 Å². The Balaban J connectivity index is 1.36. The molecule has 5 rings (SSSR count). The first-order chi connectivity index (χ1) is 16.0. The van der Waals surface area contributed by atoms with Crippen molar-refractivity contribution in [1.29, 1.82) is 0 Å². The SMILES string of the molecule is COc1ccc(Cl)cc1NC(=O)CSc1nnc2c3cc(-c4ccc(C)cc4)nn3ccn12. The summed E-state index contributed by atoms with van der Waals surface area (Å²) in [5.41, 5.74) is 5.11. The molecule has 5 aromatic rings. The molecule has 8 nitrogen and oxygen atoms in total. The third-order valence-electron chi connectivity index (χ3n) is 5.10. The van der Waals surface area contributed by atoms with E-state index in [-0.39, 0.29) is 11.7 Å². The van der Waals surface area contributed by atoms with Gasteiger partial charge in [0.25, 0.3) is 0 Å². The van der Waals surface area contributed by atoms with Crippen LogP contribution in [0.1, 0.15) is 5.56 Å². The Kier molecular flexibility index (Phi) is 5.65. The lowest BCUT2D eigenvalue weighted by Gasteiger charge is -2.10. The number of thioether (sulfide) groups is 1. The number of anilines is 1. The zero-order valence-corrected chi connectivity index (χ0v) is 19.4. The van der Waals surface area contributed by atoms with E-state index in [1.54, 1.807) is 22.7 Å². The summed E-state index contributed by atoms with van der Waals surface area (Å²) in [6.07, 6.45) is 3.69. The standard InChI is InChI=1S/C23H19ClN6O2S/c1-14-3-5-15(6-4-14)17-12-19-22-26-27-23(29(22)9-10-30(19)28-17)33-13-21(31)25-18-11-16(24)7-8-20(18)32-2/h3-12H,13H2,1-2H3,(H,25,31). The van der Waals surface area contributed by atoms with Crippen LogP contribution in [0.5, 0.6) is 5.75 Å². The van der Waals surface area contributed by atoms with Crippen molar-refractivity contribution >= 4 is 46.1 Å². The molecule has 1 amide bonds. The molecule has 0 atom stereocenters. The molecule has 3 aromatic heterocycles. The van der Waals surface area contributed by atoms with Crippen molar-refractivity contribution in [2.45, 2.75) is 12.1 Å². The van der Waals surface area contributed by atoms with Gasteiger partial charge in [0.05, 0.1) is 24.2 Å². The van der Waals surface area contributed by atoms with E-state index in [9.17, 15) is 4.79 Å². The van der Waals surface area contributed by atoms with Crippen LogP contribution in [0.25, 0.3) is 22.4 Å². The van der Waals surface area contributed by atoms with E-state index < -0.39 is 0 Å². The lowest BCUT2D eigenvalue weighted by Crippen LogP contribution is -2.15. The third kappa shape index (κ3) is 4.24. The fourth-order valence-electron chi connectivity index (χ4n) is 3.45. The maximum atomic E-state index is 12.5. The van der Waals surface area contributed by atoms with Gasteiger partial charge in [-0.15, -0.1) is 10.2 Å². The topological polar surface area (TPSA) is 85.8 Å². The number of carbonyl (C=O) groups is 1. The number of ether oxygens (including phenoxy) is 1.